The number of nitrogens with one attached hydrogen (secondary N) is 1. The molecule has 0 aromatic heterocycles. The zero-order valence-corrected chi connectivity index (χ0v) is 19.9. The molecule has 0 bridgehead atoms. The molecule has 10 heteroatoms. The van der Waals surface area contributed by atoms with Crippen molar-refractivity contribution in [3.05, 3.63) is 23.3 Å². The van der Waals surface area contributed by atoms with Gasteiger partial charge in [0.25, 0.3) is 0 Å². The molecule has 1 aromatic rings. The molecule has 6 nitrogen and oxygen atoms in total. The maximum Gasteiger partial charge on any atom is 0.401 e. The van der Waals surface area contributed by atoms with E-state index < -0.39 is 12.7 Å². The molecule has 0 amide bonds. The molecule has 2 heterocycles. The van der Waals surface area contributed by atoms with Crippen LogP contribution in [-0.2, 0) is 13.0 Å². The fraction of sp³-hybridized carbons (Fsp3) is 0.650. The number of guanidine groups is 1. The molecule has 1 unspecified atom stereocenters. The molecule has 0 spiro atoms. The van der Waals surface area contributed by atoms with Crippen LogP contribution in [0.1, 0.15) is 17.5 Å². The Labute approximate surface area is 192 Å². The number of rotatable bonds is 5. The van der Waals surface area contributed by atoms with E-state index in [4.69, 9.17) is 9.47 Å². The van der Waals surface area contributed by atoms with E-state index >= 15 is 0 Å². The molecule has 3 rings (SSSR count). The third-order valence-corrected chi connectivity index (χ3v) is 5.55. The fourth-order valence-corrected chi connectivity index (χ4v) is 4.11. The van der Waals surface area contributed by atoms with Crippen LogP contribution in [0, 0.1) is 5.92 Å². The lowest BCUT2D eigenvalue weighted by Gasteiger charge is -2.32. The van der Waals surface area contributed by atoms with Crippen LogP contribution >= 0.6 is 24.0 Å². The topological polar surface area (TPSA) is 49.3 Å². The standard InChI is InChI=1S/C20H29F3N4O2.HI/c1-24-19(25-10-14-4-6-26(11-14)13-20(21,22)23)27-7-5-15-8-17(28-2)18(29-3)9-16(15)12-27;/h8-9,14H,4-7,10-13H2,1-3H3,(H,24,25);1H. The number of methoxy groups -OCH3 is 2. The quantitative estimate of drug-likeness (QED) is 0.352. The van der Waals surface area contributed by atoms with Crippen LogP contribution in [-0.4, -0.2) is 75.9 Å². The van der Waals surface area contributed by atoms with Crippen molar-refractivity contribution in [3.63, 3.8) is 0 Å². The summed E-state index contributed by atoms with van der Waals surface area (Å²) >= 11 is 0. The number of aliphatic imine (C=N–C) groups is 1. The number of hydrogen-bond acceptors (Lipinski definition) is 4. The number of hydrogen-bond donors (Lipinski definition) is 1. The highest BCUT2D eigenvalue weighted by Crippen LogP contribution is 2.33. The van der Waals surface area contributed by atoms with Crippen molar-refractivity contribution in [3.8, 4) is 11.5 Å². The van der Waals surface area contributed by atoms with Crippen LogP contribution in [0.25, 0.3) is 0 Å². The van der Waals surface area contributed by atoms with Crippen molar-refractivity contribution < 1.29 is 22.6 Å². The Balaban J connectivity index is 0.00000320. The van der Waals surface area contributed by atoms with Crippen molar-refractivity contribution in [2.45, 2.75) is 25.6 Å². The summed E-state index contributed by atoms with van der Waals surface area (Å²) < 4.78 is 48.5. The molecule has 1 atom stereocenters. The largest absolute Gasteiger partial charge is 0.493 e. The number of likely N-dealkylation sites (tertiary alicyclic amines) is 1. The lowest BCUT2D eigenvalue weighted by molar-refractivity contribution is -0.143. The van der Waals surface area contributed by atoms with Crippen LogP contribution in [0.15, 0.2) is 17.1 Å². The maximum atomic E-state index is 12.6. The fourth-order valence-electron chi connectivity index (χ4n) is 4.11. The second-order valence-electron chi connectivity index (χ2n) is 7.58. The Morgan fingerprint density at radius 1 is 1.17 bits per heavy atom. The summed E-state index contributed by atoms with van der Waals surface area (Å²) in [4.78, 5) is 8.02. The minimum absolute atomic E-state index is 0. The zero-order chi connectivity index (χ0) is 21.0. The van der Waals surface area contributed by atoms with Gasteiger partial charge in [-0.3, -0.25) is 9.89 Å². The Hall–Kier alpha value is -1.43. The third-order valence-electron chi connectivity index (χ3n) is 5.55. The van der Waals surface area contributed by atoms with Crippen LogP contribution in [0.4, 0.5) is 13.2 Å². The lowest BCUT2D eigenvalue weighted by Crippen LogP contribution is -2.45. The van der Waals surface area contributed by atoms with Crippen LogP contribution in [0.2, 0.25) is 0 Å². The minimum Gasteiger partial charge on any atom is -0.493 e. The van der Waals surface area contributed by atoms with E-state index in [1.807, 2.05) is 12.1 Å². The van der Waals surface area contributed by atoms with E-state index in [1.165, 1.54) is 10.5 Å². The first-order valence-electron chi connectivity index (χ1n) is 9.81. The SMILES string of the molecule is CN=C(NCC1CCN(CC(F)(F)F)C1)N1CCc2cc(OC)c(OC)cc2C1.I. The van der Waals surface area contributed by atoms with Gasteiger partial charge in [-0.05, 0) is 48.6 Å². The summed E-state index contributed by atoms with van der Waals surface area (Å²) in [5.41, 5.74) is 2.39. The predicted octanol–water partition coefficient (Wildman–Crippen LogP) is 3.14. The highest BCUT2D eigenvalue weighted by Gasteiger charge is 2.34. The number of ether oxygens (including phenoxy) is 2. The second kappa shape index (κ2) is 10.7. The van der Waals surface area contributed by atoms with E-state index in [0.717, 1.165) is 36.7 Å². The Kier molecular flexibility index (Phi) is 8.89. The van der Waals surface area contributed by atoms with Gasteiger partial charge in [0.15, 0.2) is 17.5 Å². The average Bonchev–Trinajstić information content (AvgIpc) is 3.12. The number of halogens is 4. The maximum absolute atomic E-state index is 12.6. The van der Waals surface area contributed by atoms with Gasteiger partial charge in [0.05, 0.1) is 20.8 Å². The van der Waals surface area contributed by atoms with E-state index in [9.17, 15) is 13.2 Å². The van der Waals surface area contributed by atoms with E-state index in [1.54, 1.807) is 21.3 Å². The average molecular weight is 542 g/mol. The van der Waals surface area contributed by atoms with Crippen LogP contribution in [0.5, 0.6) is 11.5 Å². The molecule has 30 heavy (non-hydrogen) atoms. The smallest absolute Gasteiger partial charge is 0.401 e. The zero-order valence-electron chi connectivity index (χ0n) is 17.6. The monoisotopic (exact) mass is 542 g/mol. The summed E-state index contributed by atoms with van der Waals surface area (Å²) in [6.07, 6.45) is -2.51. The van der Waals surface area contributed by atoms with E-state index in [2.05, 4.69) is 15.2 Å². The van der Waals surface area contributed by atoms with Gasteiger partial charge in [-0.15, -0.1) is 24.0 Å². The lowest BCUT2D eigenvalue weighted by atomic mass is 9.99. The summed E-state index contributed by atoms with van der Waals surface area (Å²) in [7, 11) is 4.98. The van der Waals surface area contributed by atoms with Gasteiger partial charge < -0.3 is 19.7 Å². The minimum atomic E-state index is -4.14. The summed E-state index contributed by atoms with van der Waals surface area (Å²) in [5, 5.41) is 3.36. The molecular formula is C20H30F3IN4O2. The highest BCUT2D eigenvalue weighted by molar-refractivity contribution is 14.0. The molecule has 1 fully saturated rings. The Morgan fingerprint density at radius 2 is 1.83 bits per heavy atom. The molecule has 1 N–H and O–H groups in total. The molecule has 0 saturated carbocycles. The second-order valence-corrected chi connectivity index (χ2v) is 7.58. The van der Waals surface area contributed by atoms with Crippen molar-refractivity contribution in [2.75, 3.05) is 54.0 Å². The molecule has 0 radical (unpaired) electrons. The van der Waals surface area contributed by atoms with Crippen molar-refractivity contribution in [2.24, 2.45) is 10.9 Å². The number of fused-ring (bicyclic) bond motifs is 1. The van der Waals surface area contributed by atoms with Crippen molar-refractivity contribution in [1.82, 2.24) is 15.1 Å². The number of alkyl halides is 3. The first-order valence-corrected chi connectivity index (χ1v) is 9.81. The van der Waals surface area contributed by atoms with Gasteiger partial charge in [-0.1, -0.05) is 0 Å². The predicted molar refractivity (Wildman–Crippen MR) is 121 cm³/mol. The highest BCUT2D eigenvalue weighted by atomic mass is 127. The normalized spacial score (nSPS) is 19.9. The van der Waals surface area contributed by atoms with E-state index in [-0.39, 0.29) is 29.9 Å². The molecule has 170 valence electrons. The van der Waals surface area contributed by atoms with Crippen molar-refractivity contribution in [1.29, 1.82) is 0 Å². The van der Waals surface area contributed by atoms with Gasteiger partial charge >= 0.3 is 6.18 Å². The Morgan fingerprint density at radius 3 is 2.43 bits per heavy atom. The van der Waals surface area contributed by atoms with Crippen LogP contribution in [0.3, 0.4) is 0 Å². The van der Waals surface area contributed by atoms with Crippen LogP contribution < -0.4 is 14.8 Å². The number of benzene rings is 1. The van der Waals surface area contributed by atoms with E-state index in [0.29, 0.717) is 31.9 Å². The Bertz CT molecular complexity index is 745. The molecule has 2 aliphatic heterocycles. The van der Waals surface area contributed by atoms with Gasteiger partial charge in [0, 0.05) is 33.2 Å². The first-order chi connectivity index (χ1) is 13.8. The third kappa shape index (κ3) is 6.29. The molecule has 1 saturated heterocycles. The molecule has 1 aromatic carbocycles. The van der Waals surface area contributed by atoms with Gasteiger partial charge in [0.2, 0.25) is 0 Å². The summed E-state index contributed by atoms with van der Waals surface area (Å²) in [5.74, 6) is 2.40. The van der Waals surface area contributed by atoms with Gasteiger partial charge in [0.1, 0.15) is 0 Å². The van der Waals surface area contributed by atoms with Gasteiger partial charge in [-0.2, -0.15) is 13.2 Å². The number of nitrogens with zero attached hydrogens (tertiary/aromatic N) is 3. The first kappa shape index (κ1) is 24.8. The molecule has 0 aliphatic carbocycles. The summed E-state index contributed by atoms with van der Waals surface area (Å²) in [6.45, 7) is 2.25. The van der Waals surface area contributed by atoms with Gasteiger partial charge in [-0.25, -0.2) is 0 Å². The van der Waals surface area contributed by atoms with Crippen molar-refractivity contribution >= 4 is 29.9 Å². The molecule has 2 aliphatic rings. The summed E-state index contributed by atoms with van der Waals surface area (Å²) in [6, 6.07) is 4.02. The molecular weight excluding hydrogens is 512 g/mol.